The van der Waals surface area contributed by atoms with Crippen LogP contribution in [0, 0.1) is 0 Å². The third-order valence-electron chi connectivity index (χ3n) is 10.9. The maximum atomic E-state index is 6.28. The van der Waals surface area contributed by atoms with Crippen molar-refractivity contribution in [1.29, 1.82) is 0 Å². The zero-order valence-corrected chi connectivity index (χ0v) is 28.7. The molecular weight excluding hydrogens is 653 g/mol. The van der Waals surface area contributed by atoms with Gasteiger partial charge in [-0.15, -0.1) is 11.3 Å². The fourth-order valence-corrected chi connectivity index (χ4v) is 9.93. The second-order valence-electron chi connectivity index (χ2n) is 13.7. The average Bonchev–Trinajstić information content (AvgIpc) is 3.95. The standard InChI is InChI=1S/C48H28N2OS/c1-5-18-40-31(11-1)32-12-2-6-19-41(32)49(40)29-23-25-43-38(27-29)33-13-3-7-20-42(33)50(43)30-24-26-46-39(28-30)36-17-9-16-35(48(36)52-46)34-15-10-22-45-47(34)37-14-4-8-21-44(37)51-45/h1-28H. The first-order chi connectivity index (χ1) is 25.8. The maximum Gasteiger partial charge on any atom is 0.136 e. The van der Waals surface area contributed by atoms with Crippen molar-refractivity contribution in [2.45, 2.75) is 0 Å². The average molecular weight is 681 g/mol. The van der Waals surface area contributed by atoms with Crippen LogP contribution in [0.1, 0.15) is 0 Å². The number of benzene rings is 8. The number of nitrogens with zero attached hydrogens (tertiary/aromatic N) is 2. The molecule has 4 heteroatoms. The molecule has 0 spiro atoms. The van der Waals surface area contributed by atoms with E-state index >= 15 is 0 Å². The van der Waals surface area contributed by atoms with Gasteiger partial charge in [0.25, 0.3) is 0 Å². The zero-order chi connectivity index (χ0) is 33.9. The third-order valence-corrected chi connectivity index (χ3v) is 12.1. The van der Waals surface area contributed by atoms with E-state index in [2.05, 4.69) is 173 Å². The van der Waals surface area contributed by atoms with Gasteiger partial charge in [-0.05, 0) is 72.3 Å². The molecule has 0 aliphatic carbocycles. The summed E-state index contributed by atoms with van der Waals surface area (Å²) in [6, 6.07) is 61.7. The molecule has 0 amide bonds. The van der Waals surface area contributed by atoms with E-state index in [1.807, 2.05) is 17.4 Å². The van der Waals surface area contributed by atoms with Gasteiger partial charge in [-0.1, -0.05) is 103 Å². The van der Waals surface area contributed by atoms with Crippen LogP contribution in [0.25, 0.3) is 108 Å². The molecule has 12 aromatic rings. The quantitative estimate of drug-likeness (QED) is 0.182. The first-order valence-electron chi connectivity index (χ1n) is 17.7. The van der Waals surface area contributed by atoms with E-state index in [0.29, 0.717) is 0 Å². The van der Waals surface area contributed by atoms with E-state index in [-0.39, 0.29) is 0 Å². The Hall–Kier alpha value is -6.62. The van der Waals surface area contributed by atoms with Crippen LogP contribution in [0.3, 0.4) is 0 Å². The Labute approximate surface area is 301 Å². The number of hydrogen-bond donors (Lipinski definition) is 0. The first kappa shape index (κ1) is 28.1. The SMILES string of the molecule is c1ccc2c(c1)oc1cccc(-c3cccc4c3sc3ccc(-n5c6ccccc6c6cc(-n7c8ccccc8c8ccccc87)ccc65)cc34)c12. The Kier molecular flexibility index (Phi) is 5.65. The van der Waals surface area contributed by atoms with Gasteiger partial charge in [0.2, 0.25) is 0 Å². The summed E-state index contributed by atoms with van der Waals surface area (Å²) < 4.78 is 13.7. The summed E-state index contributed by atoms with van der Waals surface area (Å²) >= 11 is 1.87. The fraction of sp³-hybridized carbons (Fsp3) is 0. The molecular formula is C48H28N2OS. The van der Waals surface area contributed by atoms with Crippen molar-refractivity contribution in [1.82, 2.24) is 9.13 Å². The lowest BCUT2D eigenvalue weighted by Crippen LogP contribution is -1.95. The van der Waals surface area contributed by atoms with Crippen molar-refractivity contribution in [2.75, 3.05) is 0 Å². The molecule has 0 saturated heterocycles. The van der Waals surface area contributed by atoms with Crippen LogP contribution in [0.15, 0.2) is 174 Å². The number of furan rings is 1. The molecule has 0 aliphatic rings. The second kappa shape index (κ2) is 10.5. The summed E-state index contributed by atoms with van der Waals surface area (Å²) in [7, 11) is 0. The molecule has 0 fully saturated rings. The van der Waals surface area contributed by atoms with Gasteiger partial charge >= 0.3 is 0 Å². The Bertz CT molecular complexity index is 3370. The predicted molar refractivity (Wildman–Crippen MR) is 221 cm³/mol. The summed E-state index contributed by atoms with van der Waals surface area (Å²) in [4.78, 5) is 0. The predicted octanol–water partition coefficient (Wildman–Crippen LogP) is 13.8. The topological polar surface area (TPSA) is 23.0 Å². The molecule has 0 saturated carbocycles. The van der Waals surface area contributed by atoms with Gasteiger partial charge in [0.15, 0.2) is 0 Å². The molecule has 4 heterocycles. The van der Waals surface area contributed by atoms with Crippen molar-refractivity contribution >= 4 is 97.1 Å². The molecule has 3 nitrogen and oxygen atoms in total. The first-order valence-corrected chi connectivity index (χ1v) is 18.5. The number of fused-ring (bicyclic) bond motifs is 12. The van der Waals surface area contributed by atoms with Crippen LogP contribution in [0.4, 0.5) is 0 Å². The lowest BCUT2D eigenvalue weighted by atomic mass is 9.98. The van der Waals surface area contributed by atoms with Crippen LogP contribution >= 0.6 is 11.3 Å². The molecule has 242 valence electrons. The summed E-state index contributed by atoms with van der Waals surface area (Å²) in [6.07, 6.45) is 0. The Morgan fingerprint density at radius 1 is 0.365 bits per heavy atom. The van der Waals surface area contributed by atoms with Crippen molar-refractivity contribution in [3.8, 4) is 22.5 Å². The molecule has 4 aromatic heterocycles. The van der Waals surface area contributed by atoms with E-state index in [4.69, 9.17) is 4.42 Å². The van der Waals surface area contributed by atoms with Crippen molar-refractivity contribution < 1.29 is 4.42 Å². The lowest BCUT2D eigenvalue weighted by molar-refractivity contribution is 0.669. The minimum atomic E-state index is 0.923. The van der Waals surface area contributed by atoms with Crippen LogP contribution in [0.5, 0.6) is 0 Å². The fourth-order valence-electron chi connectivity index (χ4n) is 8.72. The van der Waals surface area contributed by atoms with E-state index in [1.54, 1.807) is 0 Å². The highest BCUT2D eigenvalue weighted by molar-refractivity contribution is 7.26. The zero-order valence-electron chi connectivity index (χ0n) is 27.9. The molecule has 8 aromatic carbocycles. The van der Waals surface area contributed by atoms with Gasteiger partial charge in [0, 0.05) is 69.4 Å². The number of aromatic nitrogens is 2. The normalized spacial score (nSPS) is 12.2. The van der Waals surface area contributed by atoms with E-state index in [9.17, 15) is 0 Å². The Morgan fingerprint density at radius 2 is 0.885 bits per heavy atom. The summed E-state index contributed by atoms with van der Waals surface area (Å²) in [5.74, 6) is 0. The molecule has 12 rings (SSSR count). The molecule has 0 N–H and O–H groups in total. The van der Waals surface area contributed by atoms with Gasteiger partial charge in [0.05, 0.1) is 22.1 Å². The van der Waals surface area contributed by atoms with Gasteiger partial charge in [-0.25, -0.2) is 0 Å². The number of para-hydroxylation sites is 4. The van der Waals surface area contributed by atoms with Crippen molar-refractivity contribution in [2.24, 2.45) is 0 Å². The molecule has 0 aliphatic heterocycles. The van der Waals surface area contributed by atoms with Gasteiger partial charge in [-0.2, -0.15) is 0 Å². The van der Waals surface area contributed by atoms with Gasteiger partial charge in [-0.3, -0.25) is 0 Å². The highest BCUT2D eigenvalue weighted by Gasteiger charge is 2.19. The minimum Gasteiger partial charge on any atom is -0.456 e. The lowest BCUT2D eigenvalue weighted by Gasteiger charge is -2.10. The van der Waals surface area contributed by atoms with E-state index in [1.165, 1.54) is 86.0 Å². The van der Waals surface area contributed by atoms with Crippen LogP contribution < -0.4 is 0 Å². The van der Waals surface area contributed by atoms with Crippen LogP contribution in [-0.4, -0.2) is 9.13 Å². The van der Waals surface area contributed by atoms with Crippen LogP contribution in [0.2, 0.25) is 0 Å². The highest BCUT2D eigenvalue weighted by atomic mass is 32.1. The maximum absolute atomic E-state index is 6.28. The number of hydrogen-bond acceptors (Lipinski definition) is 2. The van der Waals surface area contributed by atoms with Crippen LogP contribution in [-0.2, 0) is 0 Å². The molecule has 52 heavy (non-hydrogen) atoms. The smallest absolute Gasteiger partial charge is 0.136 e. The van der Waals surface area contributed by atoms with Gasteiger partial charge in [0.1, 0.15) is 11.2 Å². The summed E-state index contributed by atoms with van der Waals surface area (Å²) in [6.45, 7) is 0. The molecule has 0 unspecified atom stereocenters. The second-order valence-corrected chi connectivity index (χ2v) is 14.7. The molecule has 0 atom stereocenters. The molecule has 0 bridgehead atoms. The van der Waals surface area contributed by atoms with Gasteiger partial charge < -0.3 is 13.6 Å². The summed E-state index contributed by atoms with van der Waals surface area (Å²) in [5.41, 5.74) is 11.5. The molecule has 0 radical (unpaired) electrons. The summed E-state index contributed by atoms with van der Waals surface area (Å²) in [5, 5.41) is 9.92. The van der Waals surface area contributed by atoms with Crippen molar-refractivity contribution in [3.63, 3.8) is 0 Å². The minimum absolute atomic E-state index is 0.923. The van der Waals surface area contributed by atoms with E-state index < -0.39 is 0 Å². The largest absolute Gasteiger partial charge is 0.456 e. The van der Waals surface area contributed by atoms with Crippen molar-refractivity contribution in [3.05, 3.63) is 170 Å². The number of rotatable bonds is 3. The number of thiophene rings is 1. The Morgan fingerprint density at radius 3 is 1.62 bits per heavy atom. The monoisotopic (exact) mass is 680 g/mol. The Balaban J connectivity index is 1.07. The highest BCUT2D eigenvalue weighted by Crippen LogP contribution is 2.45. The third kappa shape index (κ3) is 3.79. The van der Waals surface area contributed by atoms with E-state index in [0.717, 1.165) is 22.2 Å².